The average Bonchev–Trinajstić information content (AvgIpc) is 2.69. The molecule has 1 amide bonds. The lowest BCUT2D eigenvalue weighted by Crippen LogP contribution is -2.53. The van der Waals surface area contributed by atoms with Crippen LogP contribution in [0.5, 0.6) is 5.75 Å². The van der Waals surface area contributed by atoms with Crippen LogP contribution < -0.4 is 4.74 Å². The second-order valence-electron chi connectivity index (χ2n) is 5.99. The SMILES string of the molecule is CC(Oc1ccccc1)C(=O)N1CCN(S(=O)(=O)c2cccnc2)CC1. The highest BCUT2D eigenvalue weighted by molar-refractivity contribution is 7.89. The number of hydrogen-bond acceptors (Lipinski definition) is 5. The monoisotopic (exact) mass is 375 g/mol. The first-order valence-electron chi connectivity index (χ1n) is 8.39. The largest absolute Gasteiger partial charge is 0.481 e. The summed E-state index contributed by atoms with van der Waals surface area (Å²) in [5.74, 6) is 0.485. The van der Waals surface area contributed by atoms with Crippen LogP contribution in [0.2, 0.25) is 0 Å². The topological polar surface area (TPSA) is 79.8 Å². The molecule has 26 heavy (non-hydrogen) atoms. The molecule has 1 atom stereocenters. The smallest absolute Gasteiger partial charge is 0.263 e. The molecule has 1 unspecified atom stereocenters. The molecule has 3 rings (SSSR count). The lowest BCUT2D eigenvalue weighted by atomic mass is 10.3. The number of carbonyl (C=O) groups is 1. The summed E-state index contributed by atoms with van der Waals surface area (Å²) in [6, 6.07) is 12.3. The summed E-state index contributed by atoms with van der Waals surface area (Å²) in [6.07, 6.45) is 2.24. The van der Waals surface area contributed by atoms with Gasteiger partial charge in [-0.2, -0.15) is 4.31 Å². The number of aromatic nitrogens is 1. The summed E-state index contributed by atoms with van der Waals surface area (Å²) < 4.78 is 32.2. The molecule has 0 aliphatic carbocycles. The Labute approximate surface area is 153 Å². The van der Waals surface area contributed by atoms with Crippen molar-refractivity contribution >= 4 is 15.9 Å². The van der Waals surface area contributed by atoms with Crippen LogP contribution in [0.4, 0.5) is 0 Å². The van der Waals surface area contributed by atoms with Gasteiger partial charge in [-0.15, -0.1) is 0 Å². The summed E-state index contributed by atoms with van der Waals surface area (Å²) in [4.78, 5) is 18.2. The number of piperazine rings is 1. The molecule has 1 aromatic carbocycles. The molecule has 1 aliphatic heterocycles. The minimum atomic E-state index is -3.58. The number of rotatable bonds is 5. The summed E-state index contributed by atoms with van der Waals surface area (Å²) >= 11 is 0. The van der Waals surface area contributed by atoms with Crippen molar-refractivity contribution in [3.8, 4) is 5.75 Å². The van der Waals surface area contributed by atoms with Gasteiger partial charge in [0.15, 0.2) is 6.10 Å². The third kappa shape index (κ3) is 4.03. The van der Waals surface area contributed by atoms with Crippen molar-refractivity contribution in [2.75, 3.05) is 26.2 Å². The minimum Gasteiger partial charge on any atom is -0.481 e. The van der Waals surface area contributed by atoms with Gasteiger partial charge in [0.1, 0.15) is 10.6 Å². The normalized spacial score (nSPS) is 16.9. The molecule has 2 aromatic rings. The van der Waals surface area contributed by atoms with Crippen LogP contribution in [0.15, 0.2) is 59.8 Å². The van der Waals surface area contributed by atoms with Gasteiger partial charge < -0.3 is 9.64 Å². The molecule has 8 heteroatoms. The maximum absolute atomic E-state index is 12.6. The van der Waals surface area contributed by atoms with E-state index in [-0.39, 0.29) is 23.9 Å². The van der Waals surface area contributed by atoms with Gasteiger partial charge in [-0.05, 0) is 31.2 Å². The van der Waals surface area contributed by atoms with Crippen molar-refractivity contribution in [2.45, 2.75) is 17.9 Å². The molecule has 0 N–H and O–H groups in total. The van der Waals surface area contributed by atoms with E-state index in [0.29, 0.717) is 18.8 Å². The average molecular weight is 375 g/mol. The van der Waals surface area contributed by atoms with E-state index >= 15 is 0 Å². The van der Waals surface area contributed by atoms with Gasteiger partial charge in [0.25, 0.3) is 5.91 Å². The van der Waals surface area contributed by atoms with E-state index in [1.807, 2.05) is 18.2 Å². The van der Waals surface area contributed by atoms with Crippen LogP contribution in [0.25, 0.3) is 0 Å². The molecule has 0 spiro atoms. The Bertz CT molecular complexity index is 835. The third-order valence-corrected chi connectivity index (χ3v) is 6.11. The van der Waals surface area contributed by atoms with Crippen molar-refractivity contribution in [1.82, 2.24) is 14.2 Å². The predicted molar refractivity (Wildman–Crippen MR) is 96.1 cm³/mol. The summed E-state index contributed by atoms with van der Waals surface area (Å²) in [7, 11) is -3.58. The molecule has 0 radical (unpaired) electrons. The zero-order chi connectivity index (χ0) is 18.6. The number of hydrogen-bond donors (Lipinski definition) is 0. The molecule has 0 bridgehead atoms. The molecular formula is C18H21N3O4S. The standard InChI is InChI=1S/C18H21N3O4S/c1-15(25-16-6-3-2-4-7-16)18(22)20-10-12-21(13-11-20)26(23,24)17-8-5-9-19-14-17/h2-9,14-15H,10-13H2,1H3. The summed E-state index contributed by atoms with van der Waals surface area (Å²) in [5, 5.41) is 0. The van der Waals surface area contributed by atoms with Gasteiger partial charge in [0.2, 0.25) is 10.0 Å². The Hall–Kier alpha value is -2.45. The number of ether oxygens (including phenoxy) is 1. The summed E-state index contributed by atoms with van der Waals surface area (Å²) in [6.45, 7) is 2.87. The molecule has 7 nitrogen and oxygen atoms in total. The quantitative estimate of drug-likeness (QED) is 0.789. The third-order valence-electron chi connectivity index (χ3n) is 4.23. The van der Waals surface area contributed by atoms with Crippen LogP contribution in [-0.4, -0.2) is 60.8 Å². The van der Waals surface area contributed by atoms with E-state index in [1.165, 1.54) is 22.8 Å². The number of nitrogens with zero attached hydrogens (tertiary/aromatic N) is 3. The zero-order valence-electron chi connectivity index (χ0n) is 14.5. The van der Waals surface area contributed by atoms with E-state index in [0.717, 1.165) is 0 Å². The Kier molecular flexibility index (Phi) is 5.53. The Morgan fingerprint density at radius 2 is 1.77 bits per heavy atom. The highest BCUT2D eigenvalue weighted by Gasteiger charge is 2.32. The van der Waals surface area contributed by atoms with Gasteiger partial charge in [-0.1, -0.05) is 18.2 Å². The van der Waals surface area contributed by atoms with Gasteiger partial charge in [0, 0.05) is 38.6 Å². The van der Waals surface area contributed by atoms with Crippen molar-refractivity contribution in [2.24, 2.45) is 0 Å². The minimum absolute atomic E-state index is 0.146. The van der Waals surface area contributed by atoms with Crippen molar-refractivity contribution < 1.29 is 17.9 Å². The molecular weight excluding hydrogens is 354 g/mol. The molecule has 0 saturated carbocycles. The first kappa shape index (κ1) is 18.3. The number of pyridine rings is 1. The van der Waals surface area contributed by atoms with E-state index in [4.69, 9.17) is 4.74 Å². The van der Waals surface area contributed by atoms with Gasteiger partial charge >= 0.3 is 0 Å². The fourth-order valence-corrected chi connectivity index (χ4v) is 4.20. The second-order valence-corrected chi connectivity index (χ2v) is 7.93. The molecule has 1 saturated heterocycles. The molecule has 138 valence electrons. The number of amides is 1. The van der Waals surface area contributed by atoms with Crippen molar-refractivity contribution in [1.29, 1.82) is 0 Å². The van der Waals surface area contributed by atoms with Crippen LogP contribution in [0.3, 0.4) is 0 Å². The molecule has 2 heterocycles. The Morgan fingerprint density at radius 3 is 2.38 bits per heavy atom. The predicted octanol–water partition coefficient (Wildman–Crippen LogP) is 1.38. The van der Waals surface area contributed by atoms with E-state index in [1.54, 1.807) is 30.0 Å². The number of benzene rings is 1. The molecule has 1 fully saturated rings. The Balaban J connectivity index is 1.59. The lowest BCUT2D eigenvalue weighted by Gasteiger charge is -2.35. The lowest BCUT2D eigenvalue weighted by molar-refractivity contribution is -0.139. The number of carbonyl (C=O) groups excluding carboxylic acids is 1. The van der Waals surface area contributed by atoms with Crippen LogP contribution in [0.1, 0.15) is 6.92 Å². The van der Waals surface area contributed by atoms with Gasteiger partial charge in [-0.25, -0.2) is 8.42 Å². The fourth-order valence-electron chi connectivity index (χ4n) is 2.81. The summed E-state index contributed by atoms with van der Waals surface area (Å²) in [5.41, 5.74) is 0. The first-order chi connectivity index (χ1) is 12.5. The highest BCUT2D eigenvalue weighted by atomic mass is 32.2. The van der Waals surface area contributed by atoms with E-state index in [2.05, 4.69) is 4.98 Å². The van der Waals surface area contributed by atoms with Gasteiger partial charge in [-0.3, -0.25) is 9.78 Å². The zero-order valence-corrected chi connectivity index (χ0v) is 15.3. The second kappa shape index (κ2) is 7.84. The fraction of sp³-hybridized carbons (Fsp3) is 0.333. The van der Waals surface area contributed by atoms with Gasteiger partial charge in [0.05, 0.1) is 0 Å². The highest BCUT2D eigenvalue weighted by Crippen LogP contribution is 2.18. The van der Waals surface area contributed by atoms with E-state index in [9.17, 15) is 13.2 Å². The van der Waals surface area contributed by atoms with E-state index < -0.39 is 16.1 Å². The van der Waals surface area contributed by atoms with Crippen molar-refractivity contribution in [3.05, 3.63) is 54.9 Å². The maximum Gasteiger partial charge on any atom is 0.263 e. The first-order valence-corrected chi connectivity index (χ1v) is 9.83. The Morgan fingerprint density at radius 1 is 1.08 bits per heavy atom. The van der Waals surface area contributed by atoms with Crippen molar-refractivity contribution in [3.63, 3.8) is 0 Å². The van der Waals surface area contributed by atoms with Crippen LogP contribution >= 0.6 is 0 Å². The number of para-hydroxylation sites is 1. The molecule has 1 aromatic heterocycles. The van der Waals surface area contributed by atoms with Crippen LogP contribution in [-0.2, 0) is 14.8 Å². The maximum atomic E-state index is 12.6. The van der Waals surface area contributed by atoms with Crippen LogP contribution in [0, 0.1) is 0 Å². The number of sulfonamides is 1. The molecule has 1 aliphatic rings.